The number of hydrogen-bond donors (Lipinski definition) is 2. The van der Waals surface area contributed by atoms with Gasteiger partial charge in [0.1, 0.15) is 0 Å². The molecule has 1 aliphatic carbocycles. The first-order valence-corrected chi connectivity index (χ1v) is 10.8. The molecule has 2 rings (SSSR count). The summed E-state index contributed by atoms with van der Waals surface area (Å²) >= 11 is 0. The lowest BCUT2D eigenvalue weighted by Gasteiger charge is -2.31. The molecule has 7 nitrogen and oxygen atoms in total. The number of carbonyl (C=O) groups is 1. The van der Waals surface area contributed by atoms with Crippen molar-refractivity contribution in [3.63, 3.8) is 0 Å². The minimum absolute atomic E-state index is 0.132. The van der Waals surface area contributed by atoms with E-state index in [1.807, 2.05) is 0 Å². The Kier molecular flexibility index (Phi) is 7.31. The maximum absolute atomic E-state index is 11.9. The number of rotatable bonds is 6. The zero-order chi connectivity index (χ0) is 17.6. The number of amides is 2. The molecule has 1 saturated carbocycles. The third-order valence-corrected chi connectivity index (χ3v) is 6.21. The number of ether oxygens (including phenoxy) is 1. The predicted molar refractivity (Wildman–Crippen MR) is 93.3 cm³/mol. The van der Waals surface area contributed by atoms with Crippen LogP contribution in [0.1, 0.15) is 45.4 Å². The first kappa shape index (κ1) is 19.5. The second-order valence-corrected chi connectivity index (χ2v) is 9.01. The molecule has 0 aromatic carbocycles. The average Bonchev–Trinajstić information content (AvgIpc) is 2.52. The van der Waals surface area contributed by atoms with E-state index < -0.39 is 10.0 Å². The Hall–Kier alpha value is -0.860. The zero-order valence-corrected chi connectivity index (χ0v) is 15.6. The standard InChI is InChI=1S/C16H31N3O4S/c1-13-6-3-4-8-15(13)23-11-9-17-16(20)18-14-7-5-10-19(12-14)24(2,21)22/h13-15H,3-12H2,1-2H3,(H2,17,18,20)/t13-,14-,15+/m1/s1. The van der Waals surface area contributed by atoms with Gasteiger partial charge in [0.2, 0.25) is 10.0 Å². The summed E-state index contributed by atoms with van der Waals surface area (Å²) in [7, 11) is -3.19. The molecule has 0 unspecified atom stereocenters. The van der Waals surface area contributed by atoms with Gasteiger partial charge in [0.05, 0.1) is 19.0 Å². The molecule has 1 heterocycles. The van der Waals surface area contributed by atoms with Crippen LogP contribution in [0.3, 0.4) is 0 Å². The van der Waals surface area contributed by atoms with Crippen molar-refractivity contribution in [1.29, 1.82) is 0 Å². The average molecular weight is 362 g/mol. The molecule has 0 spiro atoms. The lowest BCUT2D eigenvalue weighted by molar-refractivity contribution is -0.00246. The summed E-state index contributed by atoms with van der Waals surface area (Å²) in [5, 5.41) is 5.65. The third kappa shape index (κ3) is 6.22. The number of carbonyl (C=O) groups excluding carboxylic acids is 1. The van der Waals surface area contributed by atoms with Crippen molar-refractivity contribution in [2.75, 3.05) is 32.5 Å². The van der Waals surface area contributed by atoms with Crippen LogP contribution in [0.25, 0.3) is 0 Å². The van der Waals surface area contributed by atoms with Crippen LogP contribution in [0.4, 0.5) is 4.79 Å². The fourth-order valence-corrected chi connectivity index (χ4v) is 4.41. The van der Waals surface area contributed by atoms with Crippen LogP contribution in [0.5, 0.6) is 0 Å². The van der Waals surface area contributed by atoms with Gasteiger partial charge < -0.3 is 15.4 Å². The summed E-state index contributed by atoms with van der Waals surface area (Å²) < 4.78 is 30.5. The van der Waals surface area contributed by atoms with Gasteiger partial charge in [-0.2, -0.15) is 0 Å². The normalized spacial score (nSPS) is 29.2. The molecule has 2 fully saturated rings. The Bertz CT molecular complexity index is 511. The van der Waals surface area contributed by atoms with Crippen molar-refractivity contribution in [3.8, 4) is 0 Å². The van der Waals surface area contributed by atoms with Gasteiger partial charge in [-0.3, -0.25) is 0 Å². The predicted octanol–water partition coefficient (Wildman–Crippen LogP) is 1.30. The molecule has 1 aliphatic heterocycles. The molecular formula is C16H31N3O4S. The quantitative estimate of drug-likeness (QED) is 0.698. The van der Waals surface area contributed by atoms with Crippen molar-refractivity contribution < 1.29 is 17.9 Å². The fraction of sp³-hybridized carbons (Fsp3) is 0.938. The number of piperidine rings is 1. The maximum Gasteiger partial charge on any atom is 0.315 e. The number of hydrogen-bond acceptors (Lipinski definition) is 4. The van der Waals surface area contributed by atoms with Crippen LogP contribution in [0.15, 0.2) is 0 Å². The highest BCUT2D eigenvalue weighted by molar-refractivity contribution is 7.88. The van der Waals surface area contributed by atoms with Crippen molar-refractivity contribution in [2.45, 2.75) is 57.6 Å². The van der Waals surface area contributed by atoms with Gasteiger partial charge in [-0.1, -0.05) is 19.8 Å². The van der Waals surface area contributed by atoms with E-state index in [4.69, 9.17) is 4.74 Å². The number of urea groups is 1. The monoisotopic (exact) mass is 361 g/mol. The first-order chi connectivity index (χ1) is 11.4. The molecule has 2 amide bonds. The van der Waals surface area contributed by atoms with E-state index in [0.29, 0.717) is 38.3 Å². The molecule has 2 aliphatic rings. The summed E-state index contributed by atoms with van der Waals surface area (Å²) in [6.07, 6.45) is 7.92. The summed E-state index contributed by atoms with van der Waals surface area (Å²) in [6.45, 7) is 4.09. The van der Waals surface area contributed by atoms with Gasteiger partial charge in [0, 0.05) is 25.7 Å². The molecule has 140 valence electrons. The molecular weight excluding hydrogens is 330 g/mol. The van der Waals surface area contributed by atoms with Crippen LogP contribution in [-0.2, 0) is 14.8 Å². The van der Waals surface area contributed by atoms with E-state index in [1.54, 1.807) is 0 Å². The Morgan fingerprint density at radius 1 is 1.21 bits per heavy atom. The maximum atomic E-state index is 11.9. The Labute approximate surface area is 145 Å². The van der Waals surface area contributed by atoms with E-state index in [0.717, 1.165) is 19.3 Å². The molecule has 1 saturated heterocycles. The van der Waals surface area contributed by atoms with E-state index in [-0.39, 0.29) is 12.1 Å². The SMILES string of the molecule is C[C@@H]1CCCC[C@@H]1OCCNC(=O)N[C@@H]1CCCN(S(C)(=O)=O)C1. The smallest absolute Gasteiger partial charge is 0.315 e. The van der Waals surface area contributed by atoms with Crippen LogP contribution in [-0.4, -0.2) is 63.4 Å². The Morgan fingerprint density at radius 3 is 2.67 bits per heavy atom. The third-order valence-electron chi connectivity index (χ3n) is 4.94. The van der Waals surface area contributed by atoms with Gasteiger partial charge in [0.25, 0.3) is 0 Å². The Morgan fingerprint density at radius 2 is 1.96 bits per heavy atom. The van der Waals surface area contributed by atoms with Crippen molar-refractivity contribution in [1.82, 2.24) is 14.9 Å². The minimum Gasteiger partial charge on any atom is -0.376 e. The second kappa shape index (κ2) is 9.01. The number of sulfonamides is 1. The number of nitrogens with zero attached hydrogens (tertiary/aromatic N) is 1. The zero-order valence-electron chi connectivity index (χ0n) is 14.8. The molecule has 0 aromatic rings. The van der Waals surface area contributed by atoms with E-state index in [2.05, 4.69) is 17.6 Å². The van der Waals surface area contributed by atoms with Gasteiger partial charge in [-0.15, -0.1) is 0 Å². The van der Waals surface area contributed by atoms with Crippen molar-refractivity contribution in [2.24, 2.45) is 5.92 Å². The summed E-state index contributed by atoms with van der Waals surface area (Å²) in [6, 6.07) is -0.386. The summed E-state index contributed by atoms with van der Waals surface area (Å²) in [4.78, 5) is 11.9. The lowest BCUT2D eigenvalue weighted by Crippen LogP contribution is -2.52. The number of nitrogens with one attached hydrogen (secondary N) is 2. The van der Waals surface area contributed by atoms with Gasteiger partial charge in [0.15, 0.2) is 0 Å². The molecule has 3 atom stereocenters. The molecule has 0 aromatic heterocycles. The van der Waals surface area contributed by atoms with Gasteiger partial charge in [-0.25, -0.2) is 17.5 Å². The Balaban J connectivity index is 1.62. The first-order valence-electron chi connectivity index (χ1n) is 8.97. The topological polar surface area (TPSA) is 87.7 Å². The lowest BCUT2D eigenvalue weighted by atomic mass is 9.88. The molecule has 0 radical (unpaired) electrons. The molecule has 2 N–H and O–H groups in total. The summed E-state index contributed by atoms with van der Waals surface area (Å²) in [5.74, 6) is 0.594. The van der Waals surface area contributed by atoms with Crippen molar-refractivity contribution in [3.05, 3.63) is 0 Å². The second-order valence-electron chi connectivity index (χ2n) is 7.03. The van der Waals surface area contributed by atoms with Crippen molar-refractivity contribution >= 4 is 16.1 Å². The van der Waals surface area contributed by atoms with Crippen LogP contribution in [0.2, 0.25) is 0 Å². The highest BCUT2D eigenvalue weighted by Crippen LogP contribution is 2.25. The largest absolute Gasteiger partial charge is 0.376 e. The molecule has 0 bridgehead atoms. The van der Waals surface area contributed by atoms with Crippen LogP contribution >= 0.6 is 0 Å². The highest BCUT2D eigenvalue weighted by atomic mass is 32.2. The van der Waals surface area contributed by atoms with E-state index in [1.165, 1.54) is 29.8 Å². The van der Waals surface area contributed by atoms with E-state index in [9.17, 15) is 13.2 Å². The summed E-state index contributed by atoms with van der Waals surface area (Å²) in [5.41, 5.74) is 0. The highest BCUT2D eigenvalue weighted by Gasteiger charge is 2.26. The van der Waals surface area contributed by atoms with Gasteiger partial charge >= 0.3 is 6.03 Å². The fourth-order valence-electron chi connectivity index (χ4n) is 3.50. The molecule has 24 heavy (non-hydrogen) atoms. The van der Waals surface area contributed by atoms with E-state index >= 15 is 0 Å². The minimum atomic E-state index is -3.19. The van der Waals surface area contributed by atoms with Gasteiger partial charge in [-0.05, 0) is 31.6 Å². The molecule has 8 heteroatoms. The van der Waals surface area contributed by atoms with Crippen LogP contribution < -0.4 is 10.6 Å². The van der Waals surface area contributed by atoms with Crippen LogP contribution in [0, 0.1) is 5.92 Å².